The number of aliphatic hydroxyl groups is 5. The lowest BCUT2D eigenvalue weighted by atomic mass is 9.73. The third-order valence-electron chi connectivity index (χ3n) is 11.9. The zero-order chi connectivity index (χ0) is 39.0. The lowest BCUT2D eigenvalue weighted by Crippen LogP contribution is -2.61. The molecule has 0 aromatic rings. The van der Waals surface area contributed by atoms with E-state index in [2.05, 4.69) is 0 Å². The quantitative estimate of drug-likeness (QED) is 0.209. The first-order valence-electron chi connectivity index (χ1n) is 18.5. The van der Waals surface area contributed by atoms with Crippen molar-refractivity contribution in [1.29, 1.82) is 5.41 Å². The molecule has 3 aliphatic rings. The molecule has 0 aromatic heterocycles. The summed E-state index contributed by atoms with van der Waals surface area (Å²) in [5.41, 5.74) is -4.58. The van der Waals surface area contributed by atoms with Gasteiger partial charge in [-0.3, -0.25) is 4.79 Å². The van der Waals surface area contributed by atoms with Crippen LogP contribution in [-0.2, 0) is 33.2 Å². The van der Waals surface area contributed by atoms with Crippen molar-refractivity contribution in [2.45, 2.75) is 179 Å². The van der Waals surface area contributed by atoms with Gasteiger partial charge in [-0.25, -0.2) is 0 Å². The second-order valence-corrected chi connectivity index (χ2v) is 16.5. The van der Waals surface area contributed by atoms with Crippen molar-refractivity contribution in [2.75, 3.05) is 21.2 Å². The van der Waals surface area contributed by atoms with Crippen molar-refractivity contribution >= 4 is 11.7 Å². The standard InChI is InChI=1S/C37H68N2O12/c1-14-25-37(10,45)30(41)20(4)27(38)18(2)16-35(8,44)32(51-34-28(40)24(39(11)12)15-19(3)47-34)21(5)29(22(6)33(43)49-25)50-26-17-36(9,46-13)31(42)23(7)48-26/h18-26,28-32,34,38,40-42,44-45H,14-17H2,1-13H3/t18-,19+,20-,21+,22+,23+,24-,25+,26+,28+,29+,30+,31+,32-,34-,35-,36-,37-/m0/s1. The van der Waals surface area contributed by atoms with Crippen LogP contribution in [0.1, 0.15) is 94.9 Å². The number of esters is 1. The molecular formula is C37H68N2O12. The molecule has 3 aliphatic heterocycles. The van der Waals surface area contributed by atoms with E-state index in [0.29, 0.717) is 6.42 Å². The molecule has 0 aromatic carbocycles. The van der Waals surface area contributed by atoms with Crippen molar-refractivity contribution in [3.63, 3.8) is 0 Å². The fourth-order valence-corrected chi connectivity index (χ4v) is 8.43. The van der Waals surface area contributed by atoms with E-state index in [-0.39, 0.29) is 37.1 Å². The number of nitrogens with one attached hydrogen (secondary N) is 1. The summed E-state index contributed by atoms with van der Waals surface area (Å²) in [6.07, 6.45) is -9.12. The molecule has 6 N–H and O–H groups in total. The number of cyclic esters (lactones) is 1. The number of carbonyl (C=O) groups is 1. The number of ether oxygens (including phenoxy) is 6. The van der Waals surface area contributed by atoms with Gasteiger partial charge in [-0.1, -0.05) is 27.7 Å². The van der Waals surface area contributed by atoms with Crippen LogP contribution in [0, 0.1) is 29.1 Å². The lowest BCUT2D eigenvalue weighted by Gasteiger charge is -2.49. The number of rotatable bonds is 7. The van der Waals surface area contributed by atoms with Crippen LogP contribution in [0.5, 0.6) is 0 Å². The predicted octanol–water partition coefficient (Wildman–Crippen LogP) is 2.24. The van der Waals surface area contributed by atoms with Gasteiger partial charge < -0.3 is 64.3 Å². The minimum Gasteiger partial charge on any atom is -0.459 e. The molecule has 14 heteroatoms. The van der Waals surface area contributed by atoms with Gasteiger partial charge in [0.15, 0.2) is 12.6 Å². The van der Waals surface area contributed by atoms with Gasteiger partial charge >= 0.3 is 5.97 Å². The normalized spacial score (nSPS) is 49.7. The van der Waals surface area contributed by atoms with Gasteiger partial charge in [0, 0.05) is 37.1 Å². The first-order valence-corrected chi connectivity index (χ1v) is 18.5. The van der Waals surface area contributed by atoms with Gasteiger partial charge in [0.25, 0.3) is 0 Å². The number of likely N-dealkylation sites (N-methyl/N-ethyl adjacent to an activating group) is 1. The van der Waals surface area contributed by atoms with E-state index < -0.39 is 102 Å². The molecule has 0 amide bonds. The fraction of sp³-hybridized carbons (Fsp3) is 0.946. The van der Waals surface area contributed by atoms with Crippen LogP contribution in [0.15, 0.2) is 0 Å². The highest BCUT2D eigenvalue weighted by Crippen LogP contribution is 2.40. The van der Waals surface area contributed by atoms with Gasteiger partial charge in [0.2, 0.25) is 0 Å². The first-order chi connectivity index (χ1) is 23.4. The summed E-state index contributed by atoms with van der Waals surface area (Å²) in [5.74, 6) is -4.02. The highest BCUT2D eigenvalue weighted by molar-refractivity contribution is 5.86. The summed E-state index contributed by atoms with van der Waals surface area (Å²) in [6.45, 7) is 16.8. The first kappa shape index (κ1) is 44.1. The van der Waals surface area contributed by atoms with Gasteiger partial charge in [0.1, 0.15) is 23.9 Å². The third kappa shape index (κ3) is 9.51. The molecule has 18 atom stereocenters. The Hall–Kier alpha value is -1.30. The van der Waals surface area contributed by atoms with Gasteiger partial charge in [0.05, 0.1) is 47.6 Å². The minimum atomic E-state index is -1.91. The highest BCUT2D eigenvalue weighted by Gasteiger charge is 2.53. The van der Waals surface area contributed by atoms with E-state index in [1.54, 1.807) is 55.4 Å². The Labute approximate surface area is 304 Å². The Morgan fingerprint density at radius 3 is 2.08 bits per heavy atom. The molecule has 14 nitrogen and oxygen atoms in total. The van der Waals surface area contributed by atoms with E-state index in [0.717, 1.165) is 0 Å². The van der Waals surface area contributed by atoms with Crippen molar-refractivity contribution in [3.05, 3.63) is 0 Å². The molecule has 298 valence electrons. The minimum absolute atomic E-state index is 0.0107. The van der Waals surface area contributed by atoms with Crippen molar-refractivity contribution in [3.8, 4) is 0 Å². The van der Waals surface area contributed by atoms with Gasteiger partial charge in [-0.2, -0.15) is 0 Å². The number of hydrogen-bond acceptors (Lipinski definition) is 14. The van der Waals surface area contributed by atoms with E-state index in [4.69, 9.17) is 33.8 Å². The third-order valence-corrected chi connectivity index (χ3v) is 11.9. The van der Waals surface area contributed by atoms with E-state index >= 15 is 0 Å². The number of hydrogen-bond donors (Lipinski definition) is 6. The molecule has 0 spiro atoms. The molecule has 0 aliphatic carbocycles. The number of carbonyl (C=O) groups excluding carboxylic acids is 1. The zero-order valence-electron chi connectivity index (χ0n) is 33.0. The summed E-state index contributed by atoms with van der Waals surface area (Å²) >= 11 is 0. The molecule has 0 saturated carbocycles. The number of methoxy groups -OCH3 is 1. The van der Waals surface area contributed by atoms with Crippen LogP contribution < -0.4 is 0 Å². The number of aliphatic hydroxyl groups excluding tert-OH is 3. The Morgan fingerprint density at radius 2 is 1.53 bits per heavy atom. The predicted molar refractivity (Wildman–Crippen MR) is 189 cm³/mol. The van der Waals surface area contributed by atoms with Gasteiger partial charge in [-0.15, -0.1) is 0 Å². The maximum absolute atomic E-state index is 14.1. The SMILES string of the molecule is CC[C@H]1OC(=O)[C@H](C)[C@H](O[C@@H]2C[C@](C)(OC)[C@H](O)[C@@H](C)O2)[C@@H](C)[C@H](O[C@@H]2O[C@H](C)C[C@H](N(C)C)[C@H]2O)[C@@](C)(O)C[C@H](C)C(=N)[C@H](C)[C@@H](O)[C@@]1(C)O. The topological polar surface area (TPSA) is 201 Å². The van der Waals surface area contributed by atoms with Crippen LogP contribution in [0.2, 0.25) is 0 Å². The molecule has 0 radical (unpaired) electrons. The average molecular weight is 733 g/mol. The fourth-order valence-electron chi connectivity index (χ4n) is 8.43. The van der Waals surface area contributed by atoms with E-state index in [1.165, 1.54) is 14.0 Å². The largest absolute Gasteiger partial charge is 0.459 e. The molecule has 3 rings (SSSR count). The lowest BCUT2D eigenvalue weighted by molar-refractivity contribution is -0.317. The van der Waals surface area contributed by atoms with E-state index in [1.807, 2.05) is 25.9 Å². The molecular weight excluding hydrogens is 664 g/mol. The molecule has 3 saturated heterocycles. The van der Waals surface area contributed by atoms with Crippen LogP contribution in [0.25, 0.3) is 0 Å². The Morgan fingerprint density at radius 1 is 0.922 bits per heavy atom. The van der Waals surface area contributed by atoms with Crippen LogP contribution in [0.3, 0.4) is 0 Å². The average Bonchev–Trinajstić information content (AvgIpc) is 3.05. The van der Waals surface area contributed by atoms with Crippen LogP contribution in [0.4, 0.5) is 0 Å². The zero-order valence-corrected chi connectivity index (χ0v) is 33.0. The number of nitrogens with zero attached hydrogens (tertiary/aromatic N) is 1. The maximum atomic E-state index is 14.1. The summed E-state index contributed by atoms with van der Waals surface area (Å²) in [7, 11) is 5.21. The van der Waals surface area contributed by atoms with Crippen molar-refractivity contribution in [1.82, 2.24) is 4.90 Å². The smallest absolute Gasteiger partial charge is 0.311 e. The molecule has 0 unspecified atom stereocenters. The molecule has 3 fully saturated rings. The molecule has 3 heterocycles. The Balaban J connectivity index is 2.18. The summed E-state index contributed by atoms with van der Waals surface area (Å²) in [5, 5.41) is 66.9. The second kappa shape index (κ2) is 17.0. The highest BCUT2D eigenvalue weighted by atomic mass is 16.7. The monoisotopic (exact) mass is 732 g/mol. The molecule has 0 bridgehead atoms. The Bertz CT molecular complexity index is 1170. The van der Waals surface area contributed by atoms with Crippen LogP contribution in [-0.4, -0.2) is 148 Å². The molecule has 51 heavy (non-hydrogen) atoms. The summed E-state index contributed by atoms with van der Waals surface area (Å²) < 4.78 is 37.2. The summed E-state index contributed by atoms with van der Waals surface area (Å²) in [4.78, 5) is 16.0. The maximum Gasteiger partial charge on any atom is 0.311 e. The second-order valence-electron chi connectivity index (χ2n) is 16.5. The van der Waals surface area contributed by atoms with Crippen molar-refractivity contribution < 1.29 is 58.7 Å². The van der Waals surface area contributed by atoms with Crippen LogP contribution >= 0.6 is 0 Å². The Kier molecular flexibility index (Phi) is 14.7. The van der Waals surface area contributed by atoms with Gasteiger partial charge in [-0.05, 0) is 80.8 Å². The summed E-state index contributed by atoms with van der Waals surface area (Å²) in [6, 6.07) is -0.304. The van der Waals surface area contributed by atoms with Crippen molar-refractivity contribution in [2.24, 2.45) is 23.7 Å². The van der Waals surface area contributed by atoms with E-state index in [9.17, 15) is 30.3 Å².